The average Bonchev–Trinajstić information content (AvgIpc) is 3.11. The van der Waals surface area contributed by atoms with Crippen molar-refractivity contribution in [3.8, 4) is 0 Å². The first-order valence-corrected chi connectivity index (χ1v) is 8.62. The monoisotopic (exact) mass is 305 g/mol. The average molecular weight is 305 g/mol. The molecular weight excluding hydrogens is 282 g/mol. The van der Waals surface area contributed by atoms with E-state index in [1.54, 1.807) is 11.3 Å². The molecule has 21 heavy (non-hydrogen) atoms. The van der Waals surface area contributed by atoms with Crippen LogP contribution in [0.4, 0.5) is 0 Å². The zero-order valence-electron chi connectivity index (χ0n) is 13.0. The second-order valence-electron chi connectivity index (χ2n) is 6.02. The molecule has 0 saturated heterocycles. The second kappa shape index (κ2) is 6.23. The first-order valence-electron chi connectivity index (χ1n) is 7.75. The molecule has 1 atom stereocenters. The van der Waals surface area contributed by atoms with Gasteiger partial charge in [0.15, 0.2) is 0 Å². The Labute approximate surface area is 129 Å². The van der Waals surface area contributed by atoms with Gasteiger partial charge in [0.05, 0.1) is 16.7 Å². The molecule has 1 aliphatic rings. The van der Waals surface area contributed by atoms with E-state index >= 15 is 0 Å². The molecule has 1 aliphatic heterocycles. The number of fused-ring (bicyclic) bond motifs is 1. The number of nitrogens with one attached hydrogen (secondary N) is 1. The van der Waals surface area contributed by atoms with E-state index in [9.17, 15) is 0 Å². The van der Waals surface area contributed by atoms with Crippen molar-refractivity contribution in [3.05, 3.63) is 27.7 Å². The lowest BCUT2D eigenvalue weighted by atomic mass is 10.1. The van der Waals surface area contributed by atoms with E-state index in [-0.39, 0.29) is 6.04 Å². The second-order valence-corrected chi connectivity index (χ2v) is 6.91. The minimum atomic E-state index is 0.202. The third kappa shape index (κ3) is 3.16. The standard InChI is InChI=1S/C15H23N5S/c1-10(2)15-17-12(9-21-15)8-16-11(3)14-19-18-13-6-4-5-7-20(13)14/h9-11,16H,4-8H2,1-3H3/t11-/m1/s1. The smallest absolute Gasteiger partial charge is 0.149 e. The predicted octanol–water partition coefficient (Wildman–Crippen LogP) is 3.05. The Morgan fingerprint density at radius 3 is 2.90 bits per heavy atom. The molecular formula is C15H23N5S. The normalized spacial score (nSPS) is 16.2. The highest BCUT2D eigenvalue weighted by molar-refractivity contribution is 7.09. The lowest BCUT2D eigenvalue weighted by Gasteiger charge is -2.18. The molecule has 1 N–H and O–H groups in total. The van der Waals surface area contributed by atoms with Gasteiger partial charge in [0.25, 0.3) is 0 Å². The first kappa shape index (κ1) is 14.7. The molecule has 0 fully saturated rings. The highest BCUT2D eigenvalue weighted by atomic mass is 32.1. The Morgan fingerprint density at radius 2 is 2.14 bits per heavy atom. The molecule has 6 heteroatoms. The van der Waals surface area contributed by atoms with E-state index in [1.807, 2.05) is 0 Å². The summed E-state index contributed by atoms with van der Waals surface area (Å²) in [6, 6.07) is 0.202. The summed E-state index contributed by atoms with van der Waals surface area (Å²) in [5.41, 5.74) is 1.12. The van der Waals surface area contributed by atoms with Gasteiger partial charge < -0.3 is 9.88 Å². The predicted molar refractivity (Wildman–Crippen MR) is 84.4 cm³/mol. The molecule has 0 saturated carbocycles. The summed E-state index contributed by atoms with van der Waals surface area (Å²) < 4.78 is 2.28. The quantitative estimate of drug-likeness (QED) is 0.922. The van der Waals surface area contributed by atoms with Crippen LogP contribution in [-0.2, 0) is 19.5 Å². The van der Waals surface area contributed by atoms with Gasteiger partial charge >= 0.3 is 0 Å². The van der Waals surface area contributed by atoms with Crippen LogP contribution < -0.4 is 5.32 Å². The molecule has 0 aromatic carbocycles. The Morgan fingerprint density at radius 1 is 1.29 bits per heavy atom. The number of thiazole rings is 1. The van der Waals surface area contributed by atoms with Gasteiger partial charge in [0.2, 0.25) is 0 Å². The summed E-state index contributed by atoms with van der Waals surface area (Å²) >= 11 is 1.75. The molecule has 3 heterocycles. The maximum absolute atomic E-state index is 4.66. The van der Waals surface area contributed by atoms with Crippen LogP contribution in [0.1, 0.15) is 67.9 Å². The lowest BCUT2D eigenvalue weighted by Crippen LogP contribution is -2.23. The van der Waals surface area contributed by atoms with Crippen molar-refractivity contribution in [3.63, 3.8) is 0 Å². The third-order valence-corrected chi connectivity index (χ3v) is 5.12. The molecule has 0 amide bonds. The number of hydrogen-bond donors (Lipinski definition) is 1. The zero-order valence-corrected chi connectivity index (χ0v) is 13.8. The Bertz CT molecular complexity index is 601. The summed E-state index contributed by atoms with van der Waals surface area (Å²) in [5.74, 6) is 2.70. The van der Waals surface area contributed by atoms with Crippen LogP contribution in [0.15, 0.2) is 5.38 Å². The van der Waals surface area contributed by atoms with E-state index in [2.05, 4.69) is 51.2 Å². The van der Waals surface area contributed by atoms with Crippen LogP contribution in [0, 0.1) is 0 Å². The Balaban J connectivity index is 1.63. The van der Waals surface area contributed by atoms with Crippen LogP contribution in [0.3, 0.4) is 0 Å². The molecule has 0 aliphatic carbocycles. The topological polar surface area (TPSA) is 55.6 Å². The molecule has 3 rings (SSSR count). The minimum Gasteiger partial charge on any atom is -0.314 e. The summed E-state index contributed by atoms with van der Waals surface area (Å²) in [5, 5.41) is 15.6. The maximum Gasteiger partial charge on any atom is 0.149 e. The van der Waals surface area contributed by atoms with Gasteiger partial charge in [-0.25, -0.2) is 4.98 Å². The number of nitrogens with zero attached hydrogens (tertiary/aromatic N) is 4. The minimum absolute atomic E-state index is 0.202. The van der Waals surface area contributed by atoms with E-state index in [1.165, 1.54) is 17.8 Å². The van der Waals surface area contributed by atoms with Crippen molar-refractivity contribution in [2.45, 2.75) is 65.1 Å². The van der Waals surface area contributed by atoms with E-state index < -0.39 is 0 Å². The van der Waals surface area contributed by atoms with E-state index in [0.717, 1.165) is 36.9 Å². The molecule has 5 nitrogen and oxygen atoms in total. The number of aryl methyl sites for hydroxylation is 1. The van der Waals surface area contributed by atoms with Crippen molar-refractivity contribution in [2.24, 2.45) is 0 Å². The Kier molecular flexibility index (Phi) is 4.35. The van der Waals surface area contributed by atoms with Gasteiger partial charge in [-0.15, -0.1) is 21.5 Å². The fourth-order valence-electron chi connectivity index (χ4n) is 2.67. The van der Waals surface area contributed by atoms with Gasteiger partial charge in [-0.05, 0) is 19.8 Å². The highest BCUT2D eigenvalue weighted by Gasteiger charge is 2.19. The number of hydrogen-bond acceptors (Lipinski definition) is 5. The summed E-state index contributed by atoms with van der Waals surface area (Å²) in [6.45, 7) is 8.36. The number of rotatable bonds is 5. The highest BCUT2D eigenvalue weighted by Crippen LogP contribution is 2.21. The van der Waals surface area contributed by atoms with E-state index in [0.29, 0.717) is 5.92 Å². The molecule has 2 aromatic rings. The fraction of sp³-hybridized carbons (Fsp3) is 0.667. The van der Waals surface area contributed by atoms with Gasteiger partial charge in [-0.1, -0.05) is 13.8 Å². The lowest BCUT2D eigenvalue weighted by molar-refractivity contribution is 0.464. The summed E-state index contributed by atoms with van der Waals surface area (Å²) in [7, 11) is 0. The van der Waals surface area contributed by atoms with Gasteiger partial charge in [0.1, 0.15) is 11.6 Å². The largest absolute Gasteiger partial charge is 0.314 e. The van der Waals surface area contributed by atoms with Crippen LogP contribution >= 0.6 is 11.3 Å². The zero-order chi connectivity index (χ0) is 14.8. The van der Waals surface area contributed by atoms with Gasteiger partial charge in [-0.2, -0.15) is 0 Å². The third-order valence-electron chi connectivity index (χ3n) is 3.93. The molecule has 0 unspecified atom stereocenters. The van der Waals surface area contributed by atoms with Crippen molar-refractivity contribution < 1.29 is 0 Å². The van der Waals surface area contributed by atoms with Crippen LogP contribution in [0.5, 0.6) is 0 Å². The Hall–Kier alpha value is -1.27. The van der Waals surface area contributed by atoms with Crippen LogP contribution in [-0.4, -0.2) is 19.7 Å². The molecule has 114 valence electrons. The van der Waals surface area contributed by atoms with E-state index in [4.69, 9.17) is 0 Å². The number of aromatic nitrogens is 4. The first-order chi connectivity index (χ1) is 10.1. The molecule has 2 aromatic heterocycles. The fourth-order valence-corrected chi connectivity index (χ4v) is 3.50. The van der Waals surface area contributed by atoms with Crippen molar-refractivity contribution in [2.75, 3.05) is 0 Å². The van der Waals surface area contributed by atoms with Crippen molar-refractivity contribution in [1.29, 1.82) is 0 Å². The summed E-state index contributed by atoms with van der Waals surface area (Å²) in [4.78, 5) is 4.66. The van der Waals surface area contributed by atoms with Crippen molar-refractivity contribution >= 4 is 11.3 Å². The van der Waals surface area contributed by atoms with Crippen LogP contribution in [0.2, 0.25) is 0 Å². The molecule has 0 radical (unpaired) electrons. The maximum atomic E-state index is 4.66. The molecule has 0 spiro atoms. The SMILES string of the molecule is CC(C)c1nc(CN[C@H](C)c2nnc3n2CCCC3)cs1. The summed E-state index contributed by atoms with van der Waals surface area (Å²) in [6.07, 6.45) is 3.52. The van der Waals surface area contributed by atoms with Gasteiger partial charge in [-0.3, -0.25) is 0 Å². The van der Waals surface area contributed by atoms with Crippen molar-refractivity contribution in [1.82, 2.24) is 25.1 Å². The molecule has 0 bridgehead atoms. The van der Waals surface area contributed by atoms with Gasteiger partial charge in [0, 0.05) is 30.8 Å². The van der Waals surface area contributed by atoms with Crippen LogP contribution in [0.25, 0.3) is 0 Å².